The van der Waals surface area contributed by atoms with Gasteiger partial charge in [0.1, 0.15) is 5.75 Å². The van der Waals surface area contributed by atoms with E-state index in [1.54, 1.807) is 36.7 Å². The summed E-state index contributed by atoms with van der Waals surface area (Å²) in [7, 11) is 0. The first-order valence-corrected chi connectivity index (χ1v) is 9.77. The first-order chi connectivity index (χ1) is 15.1. The number of para-hydroxylation sites is 1. The van der Waals surface area contributed by atoms with Gasteiger partial charge in [0.25, 0.3) is 11.8 Å². The fraction of sp³-hybridized carbons (Fsp3) is 0.0833. The lowest BCUT2D eigenvalue weighted by atomic mass is 10.0. The van der Waals surface area contributed by atoms with Crippen LogP contribution in [0.1, 0.15) is 15.9 Å². The van der Waals surface area contributed by atoms with Crippen molar-refractivity contribution in [3.63, 3.8) is 0 Å². The van der Waals surface area contributed by atoms with Gasteiger partial charge < -0.3 is 15.4 Å². The molecule has 7 heteroatoms. The average Bonchev–Trinajstić information content (AvgIpc) is 2.79. The molecule has 0 spiro atoms. The number of nitrogens with zero attached hydrogens (tertiary/aromatic N) is 2. The number of hydrogen-bond acceptors (Lipinski definition) is 5. The van der Waals surface area contributed by atoms with E-state index < -0.39 is 0 Å². The van der Waals surface area contributed by atoms with Gasteiger partial charge in [-0.15, -0.1) is 0 Å². The molecule has 0 aliphatic carbocycles. The Morgan fingerprint density at radius 3 is 2.87 bits per heavy atom. The highest BCUT2D eigenvalue weighted by Gasteiger charge is 2.19. The Labute approximate surface area is 178 Å². The van der Waals surface area contributed by atoms with Gasteiger partial charge in [-0.3, -0.25) is 14.6 Å². The Balaban J connectivity index is 1.55. The lowest BCUT2D eigenvalue weighted by molar-refractivity contribution is -0.118. The van der Waals surface area contributed by atoms with Crippen LogP contribution < -0.4 is 15.4 Å². The van der Waals surface area contributed by atoms with Crippen molar-refractivity contribution in [3.8, 4) is 17.0 Å². The minimum atomic E-state index is -0.261. The summed E-state index contributed by atoms with van der Waals surface area (Å²) in [4.78, 5) is 33.7. The summed E-state index contributed by atoms with van der Waals surface area (Å²) in [5, 5.41) is 6.44. The second kappa shape index (κ2) is 7.53. The zero-order chi connectivity index (χ0) is 21.4. The zero-order valence-electron chi connectivity index (χ0n) is 16.7. The van der Waals surface area contributed by atoms with Crippen LogP contribution in [0.4, 0.5) is 11.4 Å². The molecule has 3 heterocycles. The maximum absolute atomic E-state index is 13.3. The predicted octanol–water partition coefficient (Wildman–Crippen LogP) is 4.19. The number of nitrogens with one attached hydrogen (secondary N) is 2. The smallest absolute Gasteiger partial charge is 0.262 e. The molecule has 0 fully saturated rings. The third-order valence-corrected chi connectivity index (χ3v) is 5.12. The molecule has 0 radical (unpaired) electrons. The van der Waals surface area contributed by atoms with E-state index in [-0.39, 0.29) is 18.4 Å². The van der Waals surface area contributed by atoms with Gasteiger partial charge in [-0.1, -0.05) is 18.2 Å². The van der Waals surface area contributed by atoms with Crippen LogP contribution in [0.2, 0.25) is 0 Å². The van der Waals surface area contributed by atoms with Gasteiger partial charge in [-0.25, -0.2) is 4.98 Å². The summed E-state index contributed by atoms with van der Waals surface area (Å²) in [6.07, 6.45) is 3.42. The number of anilines is 2. The lowest BCUT2D eigenvalue weighted by Crippen LogP contribution is -2.25. The van der Waals surface area contributed by atoms with Gasteiger partial charge in [-0.2, -0.15) is 0 Å². The first kappa shape index (κ1) is 18.7. The standard InChI is InChI=1S/C24H18N4O3/c1-14-4-2-6-17-18(11-20(28-23(14)17)15-5-3-9-25-12-15)24(30)26-16-7-8-19-21(10-16)31-13-22(29)27-19/h2-12H,13H2,1H3,(H,26,30)(H,27,29). The maximum Gasteiger partial charge on any atom is 0.262 e. The quantitative estimate of drug-likeness (QED) is 0.528. The molecule has 1 aliphatic heterocycles. The number of hydrogen-bond donors (Lipinski definition) is 2. The number of aromatic nitrogens is 2. The van der Waals surface area contributed by atoms with Crippen LogP contribution in [0.25, 0.3) is 22.2 Å². The summed E-state index contributed by atoms with van der Waals surface area (Å²) < 4.78 is 5.45. The number of pyridine rings is 2. The van der Waals surface area contributed by atoms with Crippen molar-refractivity contribution >= 4 is 34.1 Å². The number of benzene rings is 2. The molecule has 0 unspecified atom stereocenters. The molecule has 152 valence electrons. The molecule has 1 aliphatic rings. The number of rotatable bonds is 3. The fourth-order valence-corrected chi connectivity index (χ4v) is 3.59. The van der Waals surface area contributed by atoms with Crippen molar-refractivity contribution in [3.05, 3.63) is 78.1 Å². The molecule has 2 aromatic heterocycles. The van der Waals surface area contributed by atoms with E-state index >= 15 is 0 Å². The van der Waals surface area contributed by atoms with Crippen LogP contribution in [0.15, 0.2) is 67.0 Å². The van der Waals surface area contributed by atoms with Gasteiger partial charge in [0.05, 0.1) is 22.5 Å². The van der Waals surface area contributed by atoms with E-state index in [1.165, 1.54) is 0 Å². The van der Waals surface area contributed by atoms with Crippen molar-refractivity contribution in [2.45, 2.75) is 6.92 Å². The van der Waals surface area contributed by atoms with Crippen molar-refractivity contribution in [2.24, 2.45) is 0 Å². The highest BCUT2D eigenvalue weighted by Crippen LogP contribution is 2.32. The number of amides is 2. The molecular weight excluding hydrogens is 392 g/mol. The SMILES string of the molecule is Cc1cccc2c(C(=O)Nc3ccc4c(c3)OCC(=O)N4)cc(-c3cccnc3)nc12. The third kappa shape index (κ3) is 3.57. The number of fused-ring (bicyclic) bond motifs is 2. The summed E-state index contributed by atoms with van der Waals surface area (Å²) in [5.74, 6) is 0.0534. The summed E-state index contributed by atoms with van der Waals surface area (Å²) >= 11 is 0. The lowest BCUT2D eigenvalue weighted by Gasteiger charge is -2.19. The van der Waals surface area contributed by atoms with Crippen molar-refractivity contribution in [2.75, 3.05) is 17.2 Å². The summed E-state index contributed by atoms with van der Waals surface area (Å²) in [6, 6.07) is 16.4. The van der Waals surface area contributed by atoms with Gasteiger partial charge in [0, 0.05) is 35.1 Å². The van der Waals surface area contributed by atoms with Gasteiger partial charge in [-0.05, 0) is 42.8 Å². The highest BCUT2D eigenvalue weighted by atomic mass is 16.5. The van der Waals surface area contributed by atoms with E-state index in [0.29, 0.717) is 28.4 Å². The topological polar surface area (TPSA) is 93.2 Å². The third-order valence-electron chi connectivity index (χ3n) is 5.12. The Kier molecular flexibility index (Phi) is 4.55. The van der Waals surface area contributed by atoms with Crippen LogP contribution >= 0.6 is 0 Å². The molecule has 0 saturated heterocycles. The molecule has 4 aromatic rings. The van der Waals surface area contributed by atoms with Crippen molar-refractivity contribution in [1.82, 2.24) is 9.97 Å². The predicted molar refractivity (Wildman–Crippen MR) is 118 cm³/mol. The van der Waals surface area contributed by atoms with E-state index in [1.807, 2.05) is 37.3 Å². The molecule has 0 atom stereocenters. The second-order valence-corrected chi connectivity index (χ2v) is 7.27. The van der Waals surface area contributed by atoms with Crippen LogP contribution in [0.5, 0.6) is 5.75 Å². The van der Waals surface area contributed by atoms with Gasteiger partial charge in [0.15, 0.2) is 6.61 Å². The van der Waals surface area contributed by atoms with Gasteiger partial charge >= 0.3 is 0 Å². The Morgan fingerprint density at radius 1 is 1.13 bits per heavy atom. The van der Waals surface area contributed by atoms with Crippen molar-refractivity contribution < 1.29 is 14.3 Å². The average molecular weight is 410 g/mol. The van der Waals surface area contributed by atoms with E-state index in [4.69, 9.17) is 9.72 Å². The minimum Gasteiger partial charge on any atom is -0.482 e. The van der Waals surface area contributed by atoms with Crippen LogP contribution in [0.3, 0.4) is 0 Å². The minimum absolute atomic E-state index is 0.0485. The molecule has 2 N–H and O–H groups in total. The largest absolute Gasteiger partial charge is 0.482 e. The second-order valence-electron chi connectivity index (χ2n) is 7.27. The number of ether oxygens (including phenoxy) is 1. The zero-order valence-corrected chi connectivity index (χ0v) is 16.7. The molecule has 2 aromatic carbocycles. The fourth-order valence-electron chi connectivity index (χ4n) is 3.59. The van der Waals surface area contributed by atoms with E-state index in [9.17, 15) is 9.59 Å². The number of carbonyl (C=O) groups is 2. The monoisotopic (exact) mass is 410 g/mol. The number of aryl methyl sites for hydroxylation is 1. The molecule has 7 nitrogen and oxygen atoms in total. The highest BCUT2D eigenvalue weighted by molar-refractivity contribution is 6.13. The summed E-state index contributed by atoms with van der Waals surface area (Å²) in [5.41, 5.74) is 4.93. The van der Waals surface area contributed by atoms with Crippen LogP contribution in [-0.4, -0.2) is 28.4 Å². The Bertz CT molecular complexity index is 1340. The van der Waals surface area contributed by atoms with E-state index in [0.717, 1.165) is 22.0 Å². The first-order valence-electron chi connectivity index (χ1n) is 9.77. The number of carbonyl (C=O) groups excluding carboxylic acids is 2. The molecule has 31 heavy (non-hydrogen) atoms. The van der Waals surface area contributed by atoms with Gasteiger partial charge in [0.2, 0.25) is 0 Å². The molecule has 0 saturated carbocycles. The molecule has 0 bridgehead atoms. The molecule has 2 amide bonds. The molecule has 5 rings (SSSR count). The molecular formula is C24H18N4O3. The maximum atomic E-state index is 13.3. The van der Waals surface area contributed by atoms with E-state index in [2.05, 4.69) is 15.6 Å². The van der Waals surface area contributed by atoms with Crippen molar-refractivity contribution in [1.29, 1.82) is 0 Å². The Hall–Kier alpha value is -4.26. The normalized spacial score (nSPS) is 12.6. The Morgan fingerprint density at radius 2 is 2.03 bits per heavy atom. The summed E-state index contributed by atoms with van der Waals surface area (Å²) in [6.45, 7) is 1.92. The van der Waals surface area contributed by atoms with Crippen LogP contribution in [0, 0.1) is 6.92 Å². The van der Waals surface area contributed by atoms with Crippen LogP contribution in [-0.2, 0) is 4.79 Å².